The first kappa shape index (κ1) is 17.3. The lowest BCUT2D eigenvalue weighted by atomic mass is 9.86. The van der Waals surface area contributed by atoms with Crippen molar-refractivity contribution < 1.29 is 9.59 Å². The number of carbonyl (C=O) groups excluding carboxylic acids is 2. The van der Waals surface area contributed by atoms with Crippen LogP contribution in [-0.4, -0.2) is 45.2 Å². The van der Waals surface area contributed by atoms with Gasteiger partial charge in [0.2, 0.25) is 11.8 Å². The Hall–Kier alpha value is -2.60. The average molecular weight is 450 g/mol. The number of H-pyrrole nitrogens is 1. The van der Waals surface area contributed by atoms with Crippen molar-refractivity contribution in [3.8, 4) is 0 Å². The van der Waals surface area contributed by atoms with Gasteiger partial charge in [-0.15, -0.1) is 0 Å². The van der Waals surface area contributed by atoms with Gasteiger partial charge in [-0.1, -0.05) is 46.3 Å². The van der Waals surface area contributed by atoms with E-state index in [1.807, 2.05) is 46.2 Å². The number of hydrogen-bond donors (Lipinski definition) is 1. The second kappa shape index (κ2) is 6.20. The number of rotatable bonds is 2. The lowest BCUT2D eigenvalue weighted by Crippen LogP contribution is -2.63. The van der Waals surface area contributed by atoms with Gasteiger partial charge in [-0.05, 0) is 42.2 Å². The highest BCUT2D eigenvalue weighted by Gasteiger charge is 2.50. The highest BCUT2D eigenvalue weighted by Crippen LogP contribution is 2.43. The summed E-state index contributed by atoms with van der Waals surface area (Å²) < 4.78 is 0.992. The minimum atomic E-state index is -0.433. The lowest BCUT2D eigenvalue weighted by Gasteiger charge is -2.47. The van der Waals surface area contributed by atoms with Crippen molar-refractivity contribution in [1.29, 1.82) is 0 Å². The molecule has 2 fully saturated rings. The van der Waals surface area contributed by atoms with Gasteiger partial charge in [0.15, 0.2) is 0 Å². The molecule has 0 radical (unpaired) electrons. The van der Waals surface area contributed by atoms with E-state index < -0.39 is 6.04 Å². The Morgan fingerprint density at radius 3 is 2.52 bits per heavy atom. The zero-order chi connectivity index (χ0) is 19.7. The number of para-hydroxylation sites is 1. The number of aromatic nitrogens is 1. The fourth-order valence-corrected chi connectivity index (χ4v) is 5.24. The number of benzene rings is 2. The monoisotopic (exact) mass is 449 g/mol. The summed E-state index contributed by atoms with van der Waals surface area (Å²) in [5, 5.41) is 1.15. The van der Waals surface area contributed by atoms with E-state index in [4.69, 9.17) is 0 Å². The Balaban J connectivity index is 1.55. The van der Waals surface area contributed by atoms with Crippen molar-refractivity contribution in [2.75, 3.05) is 6.54 Å². The van der Waals surface area contributed by atoms with Gasteiger partial charge in [0.1, 0.15) is 12.6 Å². The van der Waals surface area contributed by atoms with Crippen LogP contribution in [0.2, 0.25) is 0 Å². The van der Waals surface area contributed by atoms with E-state index in [-0.39, 0.29) is 30.4 Å². The van der Waals surface area contributed by atoms with Crippen molar-refractivity contribution in [3.05, 3.63) is 69.8 Å². The summed E-state index contributed by atoms with van der Waals surface area (Å²) in [4.78, 5) is 33.9. The molecule has 0 spiro atoms. The van der Waals surface area contributed by atoms with Crippen LogP contribution in [-0.2, 0) is 16.0 Å². The highest BCUT2D eigenvalue weighted by atomic mass is 79.9. The Kier molecular flexibility index (Phi) is 3.69. The molecule has 1 aliphatic carbocycles. The summed E-state index contributed by atoms with van der Waals surface area (Å²) >= 11 is 3.50. The molecule has 2 aliphatic heterocycles. The average Bonchev–Trinajstić information content (AvgIpc) is 3.50. The molecule has 29 heavy (non-hydrogen) atoms. The fourth-order valence-electron chi connectivity index (χ4n) is 4.97. The number of fused-ring (bicyclic) bond motifs is 4. The van der Waals surface area contributed by atoms with Gasteiger partial charge in [-0.25, -0.2) is 0 Å². The first-order chi connectivity index (χ1) is 14.1. The molecule has 6 rings (SSSR count). The Morgan fingerprint density at radius 1 is 1.00 bits per heavy atom. The van der Waals surface area contributed by atoms with Crippen LogP contribution in [0.25, 0.3) is 10.9 Å². The van der Waals surface area contributed by atoms with Crippen LogP contribution < -0.4 is 0 Å². The molecule has 0 bridgehead atoms. The Bertz CT molecular complexity index is 1150. The van der Waals surface area contributed by atoms with Gasteiger partial charge in [0.05, 0.1) is 6.04 Å². The molecule has 1 saturated heterocycles. The quantitative estimate of drug-likeness (QED) is 0.646. The summed E-state index contributed by atoms with van der Waals surface area (Å²) in [5.41, 5.74) is 4.27. The summed E-state index contributed by atoms with van der Waals surface area (Å²) in [7, 11) is 0. The minimum absolute atomic E-state index is 0.0405. The molecule has 1 saturated carbocycles. The first-order valence-corrected chi connectivity index (χ1v) is 10.9. The normalized spacial score (nSPS) is 24.0. The number of aromatic amines is 1. The topological polar surface area (TPSA) is 56.4 Å². The van der Waals surface area contributed by atoms with E-state index in [0.717, 1.165) is 45.0 Å². The highest BCUT2D eigenvalue weighted by molar-refractivity contribution is 9.10. The predicted octanol–water partition coefficient (Wildman–Crippen LogP) is 3.78. The molecule has 3 heterocycles. The Morgan fingerprint density at radius 2 is 1.76 bits per heavy atom. The molecule has 1 aromatic heterocycles. The van der Waals surface area contributed by atoms with E-state index in [2.05, 4.69) is 33.0 Å². The van der Waals surface area contributed by atoms with Crippen molar-refractivity contribution in [2.24, 2.45) is 0 Å². The molecular formula is C23H20BrN3O2. The molecule has 2 aromatic carbocycles. The number of hydrogen-bond acceptors (Lipinski definition) is 2. The van der Waals surface area contributed by atoms with Crippen LogP contribution in [0.15, 0.2) is 53.0 Å². The zero-order valence-corrected chi connectivity index (χ0v) is 17.4. The van der Waals surface area contributed by atoms with Gasteiger partial charge in [-0.3, -0.25) is 9.59 Å². The van der Waals surface area contributed by atoms with Crippen molar-refractivity contribution in [3.63, 3.8) is 0 Å². The van der Waals surface area contributed by atoms with Gasteiger partial charge in [0, 0.05) is 33.5 Å². The molecule has 6 heteroatoms. The van der Waals surface area contributed by atoms with Gasteiger partial charge in [0.25, 0.3) is 0 Å². The summed E-state index contributed by atoms with van der Waals surface area (Å²) in [6, 6.07) is 15.8. The molecule has 3 aliphatic rings. The second-order valence-electron chi connectivity index (χ2n) is 8.24. The van der Waals surface area contributed by atoms with Gasteiger partial charge < -0.3 is 14.8 Å². The number of carbonyl (C=O) groups is 2. The van der Waals surface area contributed by atoms with E-state index in [0.29, 0.717) is 6.42 Å². The SMILES string of the molecule is O=C1[C@@H]2Cc3c([nH]c4ccccc34)[C@H](c3ccc(Br)cc3)N2C(=O)CN1C1CC1. The number of halogens is 1. The molecule has 2 atom stereocenters. The molecule has 1 N–H and O–H groups in total. The largest absolute Gasteiger partial charge is 0.356 e. The van der Waals surface area contributed by atoms with Gasteiger partial charge in [-0.2, -0.15) is 0 Å². The molecular weight excluding hydrogens is 430 g/mol. The maximum Gasteiger partial charge on any atom is 0.246 e. The summed E-state index contributed by atoms with van der Waals surface area (Å²) in [5.74, 6) is 0.142. The van der Waals surface area contributed by atoms with Crippen LogP contribution in [0.3, 0.4) is 0 Å². The molecule has 0 unspecified atom stereocenters. The standard InChI is InChI=1S/C23H20BrN3O2/c24-14-7-5-13(6-8-14)22-21-17(16-3-1-2-4-18(16)25-21)11-19-23(29)26(15-9-10-15)12-20(28)27(19)22/h1-8,15,19,22,25H,9-12H2/t19-,22-/m0/s1. The summed E-state index contributed by atoms with van der Waals surface area (Å²) in [6.07, 6.45) is 2.60. The van der Waals surface area contributed by atoms with Crippen LogP contribution in [0.1, 0.15) is 35.7 Å². The first-order valence-electron chi connectivity index (χ1n) is 10.1. The van der Waals surface area contributed by atoms with Crippen LogP contribution in [0, 0.1) is 0 Å². The zero-order valence-electron chi connectivity index (χ0n) is 15.8. The van der Waals surface area contributed by atoms with Crippen LogP contribution >= 0.6 is 15.9 Å². The summed E-state index contributed by atoms with van der Waals surface area (Å²) in [6.45, 7) is 0.197. The fraction of sp³-hybridized carbons (Fsp3) is 0.304. The second-order valence-corrected chi connectivity index (χ2v) is 9.15. The molecule has 2 amide bonds. The third-order valence-corrected chi connectivity index (χ3v) is 7.00. The van der Waals surface area contributed by atoms with Crippen molar-refractivity contribution in [2.45, 2.75) is 37.4 Å². The number of piperazine rings is 1. The maximum atomic E-state index is 13.4. The third kappa shape index (κ3) is 2.58. The van der Waals surface area contributed by atoms with Crippen molar-refractivity contribution in [1.82, 2.24) is 14.8 Å². The van der Waals surface area contributed by atoms with E-state index >= 15 is 0 Å². The van der Waals surface area contributed by atoms with Crippen molar-refractivity contribution >= 4 is 38.6 Å². The molecule has 3 aromatic rings. The van der Waals surface area contributed by atoms with E-state index in [9.17, 15) is 9.59 Å². The predicted molar refractivity (Wildman–Crippen MR) is 113 cm³/mol. The van der Waals surface area contributed by atoms with Crippen LogP contribution in [0.5, 0.6) is 0 Å². The molecule has 5 nitrogen and oxygen atoms in total. The minimum Gasteiger partial charge on any atom is -0.356 e. The van der Waals surface area contributed by atoms with E-state index in [1.165, 1.54) is 0 Å². The smallest absolute Gasteiger partial charge is 0.246 e. The van der Waals surface area contributed by atoms with Crippen LogP contribution in [0.4, 0.5) is 0 Å². The number of nitrogens with zero attached hydrogens (tertiary/aromatic N) is 2. The van der Waals surface area contributed by atoms with Gasteiger partial charge >= 0.3 is 0 Å². The maximum absolute atomic E-state index is 13.4. The Labute approximate surface area is 176 Å². The number of nitrogens with one attached hydrogen (secondary N) is 1. The van der Waals surface area contributed by atoms with E-state index in [1.54, 1.807) is 0 Å². The number of amides is 2. The third-order valence-electron chi connectivity index (χ3n) is 6.47. The molecule has 146 valence electrons. The lowest BCUT2D eigenvalue weighted by molar-refractivity contribution is -0.159.